The number of benzene rings is 2. The van der Waals surface area contributed by atoms with Gasteiger partial charge in [0.2, 0.25) is 0 Å². The summed E-state index contributed by atoms with van der Waals surface area (Å²) in [5.41, 5.74) is 2.60. The van der Waals surface area contributed by atoms with E-state index in [1.807, 2.05) is 47.2 Å². The first-order valence-electron chi connectivity index (χ1n) is 8.83. The van der Waals surface area contributed by atoms with E-state index < -0.39 is 0 Å². The zero-order valence-corrected chi connectivity index (χ0v) is 15.2. The fraction of sp³-hybridized carbons (Fsp3) is 0.190. The van der Waals surface area contributed by atoms with Crippen LogP contribution in [0.4, 0.5) is 10.5 Å². The number of hydrogen-bond acceptors (Lipinski definition) is 3. The summed E-state index contributed by atoms with van der Waals surface area (Å²) in [4.78, 5) is 31.7. The SMILES string of the molecule is C[C@H](c1ccccc1)c1nccn1-c1cccc(N2C(=O)CN(C)C2=O)c1. The summed E-state index contributed by atoms with van der Waals surface area (Å²) in [5, 5.41) is 0. The van der Waals surface area contributed by atoms with Gasteiger partial charge in [0.05, 0.1) is 5.69 Å². The lowest BCUT2D eigenvalue weighted by molar-refractivity contribution is -0.116. The van der Waals surface area contributed by atoms with Crippen LogP contribution in [0, 0.1) is 0 Å². The number of imidazole rings is 1. The van der Waals surface area contributed by atoms with Crippen molar-refractivity contribution in [2.45, 2.75) is 12.8 Å². The van der Waals surface area contributed by atoms with Crippen LogP contribution < -0.4 is 4.90 Å². The van der Waals surface area contributed by atoms with Crippen molar-refractivity contribution in [3.05, 3.63) is 78.4 Å². The van der Waals surface area contributed by atoms with E-state index in [2.05, 4.69) is 24.0 Å². The number of hydrogen-bond donors (Lipinski definition) is 0. The van der Waals surface area contributed by atoms with Gasteiger partial charge in [-0.2, -0.15) is 0 Å². The van der Waals surface area contributed by atoms with Gasteiger partial charge in [-0.25, -0.2) is 14.7 Å². The smallest absolute Gasteiger partial charge is 0.318 e. The molecule has 1 atom stereocenters. The van der Waals surface area contributed by atoms with Gasteiger partial charge in [0.25, 0.3) is 5.91 Å². The molecule has 1 aliphatic heterocycles. The van der Waals surface area contributed by atoms with Crippen molar-refractivity contribution in [3.8, 4) is 5.69 Å². The summed E-state index contributed by atoms with van der Waals surface area (Å²) in [5.74, 6) is 0.781. The van der Waals surface area contributed by atoms with E-state index in [1.165, 1.54) is 15.4 Å². The lowest BCUT2D eigenvalue weighted by Gasteiger charge is -2.18. The molecule has 0 saturated carbocycles. The second-order valence-corrected chi connectivity index (χ2v) is 6.68. The number of rotatable bonds is 4. The molecule has 1 fully saturated rings. The van der Waals surface area contributed by atoms with Gasteiger partial charge in [0.1, 0.15) is 12.4 Å². The molecule has 136 valence electrons. The predicted octanol–water partition coefficient (Wildman–Crippen LogP) is 3.42. The number of aromatic nitrogens is 2. The summed E-state index contributed by atoms with van der Waals surface area (Å²) in [7, 11) is 1.62. The van der Waals surface area contributed by atoms with Crippen molar-refractivity contribution in [2.24, 2.45) is 0 Å². The summed E-state index contributed by atoms with van der Waals surface area (Å²) in [6, 6.07) is 17.3. The fourth-order valence-electron chi connectivity index (χ4n) is 3.40. The summed E-state index contributed by atoms with van der Waals surface area (Å²) < 4.78 is 2.00. The van der Waals surface area contributed by atoms with Gasteiger partial charge in [0.15, 0.2) is 0 Å². The predicted molar refractivity (Wildman–Crippen MR) is 103 cm³/mol. The van der Waals surface area contributed by atoms with E-state index >= 15 is 0 Å². The van der Waals surface area contributed by atoms with Crippen molar-refractivity contribution in [1.82, 2.24) is 14.5 Å². The van der Waals surface area contributed by atoms with Crippen LogP contribution in [0.1, 0.15) is 24.2 Å². The lowest BCUT2D eigenvalue weighted by Crippen LogP contribution is -2.31. The Kier molecular flexibility index (Phi) is 4.24. The molecule has 0 N–H and O–H groups in total. The highest BCUT2D eigenvalue weighted by Crippen LogP contribution is 2.28. The molecular formula is C21H20N4O2. The Morgan fingerprint density at radius 1 is 1.00 bits per heavy atom. The Morgan fingerprint density at radius 2 is 1.74 bits per heavy atom. The number of nitrogens with zero attached hydrogens (tertiary/aromatic N) is 4. The molecule has 0 spiro atoms. The zero-order chi connectivity index (χ0) is 19.0. The standard InChI is InChI=1S/C21H20N4O2/c1-15(16-7-4-3-5-8-16)20-22-11-12-24(20)17-9-6-10-18(13-17)25-19(26)14-23(2)21(25)27/h3-13,15H,14H2,1-2H3/t15-/m1/s1. The van der Waals surface area contributed by atoms with Crippen molar-refractivity contribution in [3.63, 3.8) is 0 Å². The number of carbonyl (C=O) groups is 2. The second kappa shape index (κ2) is 6.72. The van der Waals surface area contributed by atoms with Crippen molar-refractivity contribution in [2.75, 3.05) is 18.5 Å². The summed E-state index contributed by atoms with van der Waals surface area (Å²) in [6.45, 7) is 2.21. The van der Waals surface area contributed by atoms with E-state index in [1.54, 1.807) is 19.3 Å². The van der Waals surface area contributed by atoms with Crippen LogP contribution in [0.3, 0.4) is 0 Å². The van der Waals surface area contributed by atoms with Gasteiger partial charge in [-0.15, -0.1) is 0 Å². The molecule has 6 nitrogen and oxygen atoms in total. The highest BCUT2D eigenvalue weighted by Gasteiger charge is 2.34. The molecule has 27 heavy (non-hydrogen) atoms. The van der Waals surface area contributed by atoms with E-state index in [4.69, 9.17) is 0 Å². The molecule has 0 bridgehead atoms. The van der Waals surface area contributed by atoms with E-state index in [0.717, 1.165) is 11.5 Å². The van der Waals surface area contributed by atoms with Gasteiger partial charge in [-0.05, 0) is 23.8 Å². The number of likely N-dealkylation sites (N-methyl/N-ethyl adjacent to an activating group) is 1. The molecule has 3 aromatic rings. The Hall–Kier alpha value is -3.41. The second-order valence-electron chi connectivity index (χ2n) is 6.68. The topological polar surface area (TPSA) is 58.4 Å². The molecule has 2 heterocycles. The Balaban J connectivity index is 1.71. The maximum absolute atomic E-state index is 12.3. The molecule has 0 radical (unpaired) electrons. The monoisotopic (exact) mass is 360 g/mol. The number of amides is 3. The van der Waals surface area contributed by atoms with Crippen LogP contribution in [0.15, 0.2) is 67.0 Å². The number of imide groups is 1. The maximum Gasteiger partial charge on any atom is 0.331 e. The fourth-order valence-corrected chi connectivity index (χ4v) is 3.40. The molecule has 0 unspecified atom stereocenters. The van der Waals surface area contributed by atoms with Crippen molar-refractivity contribution in [1.29, 1.82) is 0 Å². The quantitative estimate of drug-likeness (QED) is 0.670. The first-order valence-corrected chi connectivity index (χ1v) is 8.83. The highest BCUT2D eigenvalue weighted by molar-refractivity contribution is 6.19. The van der Waals surface area contributed by atoms with Crippen LogP contribution in [0.5, 0.6) is 0 Å². The van der Waals surface area contributed by atoms with Crippen molar-refractivity contribution >= 4 is 17.6 Å². The van der Waals surface area contributed by atoms with Crippen molar-refractivity contribution < 1.29 is 9.59 Å². The molecule has 0 aliphatic carbocycles. The van der Waals surface area contributed by atoms with Crippen LogP contribution in [-0.2, 0) is 4.79 Å². The van der Waals surface area contributed by atoms with Crippen LogP contribution >= 0.6 is 0 Å². The average Bonchev–Trinajstić information content (AvgIpc) is 3.27. The van der Waals surface area contributed by atoms with E-state index in [-0.39, 0.29) is 24.4 Å². The molecular weight excluding hydrogens is 340 g/mol. The van der Waals surface area contributed by atoms with E-state index in [9.17, 15) is 9.59 Å². The number of anilines is 1. The molecule has 1 aromatic heterocycles. The Bertz CT molecular complexity index is 996. The lowest BCUT2D eigenvalue weighted by atomic mass is 10.0. The Labute approximate surface area is 157 Å². The molecule has 4 rings (SSSR count). The third-order valence-corrected chi connectivity index (χ3v) is 4.86. The molecule has 1 aliphatic rings. The molecule has 3 amide bonds. The third-order valence-electron chi connectivity index (χ3n) is 4.86. The first kappa shape index (κ1) is 17.0. The third kappa shape index (κ3) is 2.99. The molecule has 2 aromatic carbocycles. The minimum atomic E-state index is -0.305. The maximum atomic E-state index is 12.3. The number of urea groups is 1. The van der Waals surface area contributed by atoms with Crippen LogP contribution in [0.25, 0.3) is 5.69 Å². The minimum Gasteiger partial charge on any atom is -0.318 e. The van der Waals surface area contributed by atoms with Crippen LogP contribution in [0.2, 0.25) is 0 Å². The van der Waals surface area contributed by atoms with E-state index in [0.29, 0.717) is 5.69 Å². The Morgan fingerprint density at radius 3 is 2.44 bits per heavy atom. The number of carbonyl (C=O) groups excluding carboxylic acids is 2. The highest BCUT2D eigenvalue weighted by atomic mass is 16.2. The first-order chi connectivity index (χ1) is 13.1. The molecule has 1 saturated heterocycles. The van der Waals surface area contributed by atoms with Gasteiger partial charge < -0.3 is 9.47 Å². The van der Waals surface area contributed by atoms with Gasteiger partial charge >= 0.3 is 6.03 Å². The van der Waals surface area contributed by atoms with Gasteiger partial charge in [-0.1, -0.05) is 43.3 Å². The summed E-state index contributed by atoms with van der Waals surface area (Å²) >= 11 is 0. The van der Waals surface area contributed by atoms with Crippen LogP contribution in [-0.4, -0.2) is 40.0 Å². The average molecular weight is 360 g/mol. The largest absolute Gasteiger partial charge is 0.331 e. The molecule has 6 heteroatoms. The van der Waals surface area contributed by atoms with Gasteiger partial charge in [-0.3, -0.25) is 4.79 Å². The van der Waals surface area contributed by atoms with Gasteiger partial charge in [0, 0.05) is 31.0 Å². The summed E-state index contributed by atoms with van der Waals surface area (Å²) in [6.07, 6.45) is 3.66. The minimum absolute atomic E-state index is 0.102. The zero-order valence-electron chi connectivity index (χ0n) is 15.2. The normalized spacial score (nSPS) is 15.5.